The molecule has 2 aromatic rings. The second-order valence-corrected chi connectivity index (χ2v) is 7.44. The lowest BCUT2D eigenvalue weighted by atomic mass is 10.0. The van der Waals surface area contributed by atoms with E-state index in [1.165, 1.54) is 18.2 Å². The highest BCUT2D eigenvalue weighted by molar-refractivity contribution is 6.31. The maximum Gasteiger partial charge on any atom is 0.322 e. The largest absolute Gasteiger partial charge is 0.378 e. The van der Waals surface area contributed by atoms with Crippen molar-refractivity contribution in [3.8, 4) is 0 Å². The number of anilines is 1. The Balaban J connectivity index is 1.51. The van der Waals surface area contributed by atoms with Crippen molar-refractivity contribution in [3.05, 3.63) is 46.0 Å². The van der Waals surface area contributed by atoms with E-state index in [2.05, 4.69) is 10.4 Å². The average molecular weight is 422 g/mol. The zero-order chi connectivity index (χ0) is 20.5. The van der Waals surface area contributed by atoms with E-state index in [4.69, 9.17) is 16.3 Å². The second kappa shape index (κ2) is 8.00. The van der Waals surface area contributed by atoms with Crippen LogP contribution in [0.2, 0.25) is 5.02 Å². The fourth-order valence-electron chi connectivity index (χ4n) is 3.63. The summed E-state index contributed by atoms with van der Waals surface area (Å²) in [5.41, 5.74) is 2.51. The lowest BCUT2D eigenvalue weighted by Gasteiger charge is -2.29. The molecule has 1 aromatic carbocycles. The first-order valence-corrected chi connectivity index (χ1v) is 9.74. The van der Waals surface area contributed by atoms with Crippen LogP contribution in [-0.4, -0.2) is 64.4 Å². The average Bonchev–Trinajstić information content (AvgIpc) is 3.07. The number of carbonyl (C=O) groups excluding carboxylic acids is 2. The fraction of sp³-hybridized carbons (Fsp3) is 0.421. The van der Waals surface area contributed by atoms with Gasteiger partial charge in [0.25, 0.3) is 5.91 Å². The summed E-state index contributed by atoms with van der Waals surface area (Å²) in [6.07, 6.45) is 0.590. The molecule has 2 aliphatic heterocycles. The van der Waals surface area contributed by atoms with Crippen LogP contribution in [0.3, 0.4) is 0 Å². The predicted molar refractivity (Wildman–Crippen MR) is 104 cm³/mol. The van der Waals surface area contributed by atoms with Gasteiger partial charge in [-0.3, -0.25) is 9.48 Å². The molecule has 0 bridgehead atoms. The van der Waals surface area contributed by atoms with Gasteiger partial charge in [-0.15, -0.1) is 0 Å². The SMILES string of the molecule is Cn1nc(C(=O)N2CCOCC2)c2c1CCN(C(=O)Nc1ccc(F)c(Cl)c1)C2. The number of benzene rings is 1. The molecule has 1 aromatic heterocycles. The molecule has 8 nitrogen and oxygen atoms in total. The van der Waals surface area contributed by atoms with Crippen molar-refractivity contribution in [2.24, 2.45) is 7.05 Å². The Labute approximate surface area is 172 Å². The maximum absolute atomic E-state index is 13.3. The standard InChI is InChI=1S/C19H21ClFN5O3/c1-24-16-4-5-26(19(28)22-12-2-3-15(21)14(20)10-12)11-13(16)17(23-24)18(27)25-6-8-29-9-7-25/h2-3,10H,4-9,11H2,1H3,(H,22,28). The molecule has 1 N–H and O–H groups in total. The number of rotatable bonds is 2. The lowest BCUT2D eigenvalue weighted by molar-refractivity contribution is 0.0297. The Kier molecular flexibility index (Phi) is 5.42. The van der Waals surface area contributed by atoms with Gasteiger partial charge >= 0.3 is 6.03 Å². The Morgan fingerprint density at radius 2 is 1.97 bits per heavy atom. The number of nitrogens with one attached hydrogen (secondary N) is 1. The highest BCUT2D eigenvalue weighted by atomic mass is 35.5. The van der Waals surface area contributed by atoms with E-state index in [9.17, 15) is 14.0 Å². The van der Waals surface area contributed by atoms with Crippen molar-refractivity contribution in [2.45, 2.75) is 13.0 Å². The summed E-state index contributed by atoms with van der Waals surface area (Å²) in [6.45, 7) is 2.83. The van der Waals surface area contributed by atoms with Crippen molar-refractivity contribution in [3.63, 3.8) is 0 Å². The van der Waals surface area contributed by atoms with Crippen LogP contribution in [0, 0.1) is 5.82 Å². The first-order chi connectivity index (χ1) is 13.9. The van der Waals surface area contributed by atoms with Crippen LogP contribution in [0.5, 0.6) is 0 Å². The monoisotopic (exact) mass is 421 g/mol. The van der Waals surface area contributed by atoms with E-state index in [1.807, 2.05) is 7.05 Å². The smallest absolute Gasteiger partial charge is 0.322 e. The molecule has 29 heavy (non-hydrogen) atoms. The number of ether oxygens (including phenoxy) is 1. The third-order valence-corrected chi connectivity index (χ3v) is 5.49. The summed E-state index contributed by atoms with van der Waals surface area (Å²) in [7, 11) is 1.81. The van der Waals surface area contributed by atoms with Crippen LogP contribution in [0.4, 0.5) is 14.9 Å². The quantitative estimate of drug-likeness (QED) is 0.806. The minimum absolute atomic E-state index is 0.0608. The number of aromatic nitrogens is 2. The molecule has 154 valence electrons. The Hall–Kier alpha value is -2.65. The number of morpholine rings is 1. The molecular formula is C19H21ClFN5O3. The summed E-state index contributed by atoms with van der Waals surface area (Å²) < 4.78 is 20.4. The van der Waals surface area contributed by atoms with E-state index in [0.29, 0.717) is 50.7 Å². The molecule has 3 amide bonds. The first kappa shape index (κ1) is 19.7. The highest BCUT2D eigenvalue weighted by Crippen LogP contribution is 2.25. The van der Waals surface area contributed by atoms with Crippen molar-refractivity contribution in [2.75, 3.05) is 38.2 Å². The lowest BCUT2D eigenvalue weighted by Crippen LogP contribution is -2.42. The summed E-state index contributed by atoms with van der Waals surface area (Å²) >= 11 is 5.78. The third kappa shape index (κ3) is 3.92. The molecule has 3 heterocycles. The van der Waals surface area contributed by atoms with Gasteiger partial charge in [0, 0.05) is 50.0 Å². The molecule has 0 unspecified atom stereocenters. The highest BCUT2D eigenvalue weighted by Gasteiger charge is 2.31. The molecule has 4 rings (SSSR count). The van der Waals surface area contributed by atoms with Gasteiger partial charge in [0.15, 0.2) is 5.69 Å². The summed E-state index contributed by atoms with van der Waals surface area (Å²) in [6, 6.07) is 3.67. The van der Waals surface area contributed by atoms with Crippen molar-refractivity contribution >= 4 is 29.2 Å². The second-order valence-electron chi connectivity index (χ2n) is 7.03. The molecule has 1 saturated heterocycles. The Morgan fingerprint density at radius 3 is 2.69 bits per heavy atom. The maximum atomic E-state index is 13.3. The normalized spacial score (nSPS) is 16.5. The van der Waals surface area contributed by atoms with Crippen LogP contribution in [0.25, 0.3) is 0 Å². The van der Waals surface area contributed by atoms with Crippen molar-refractivity contribution in [1.82, 2.24) is 19.6 Å². The number of carbonyl (C=O) groups is 2. The van der Waals surface area contributed by atoms with Crippen LogP contribution >= 0.6 is 11.6 Å². The molecule has 0 spiro atoms. The fourth-order valence-corrected chi connectivity index (χ4v) is 3.81. The minimum atomic E-state index is -0.547. The predicted octanol–water partition coefficient (Wildman–Crippen LogP) is 2.28. The topological polar surface area (TPSA) is 79.7 Å². The van der Waals surface area contributed by atoms with Crippen LogP contribution < -0.4 is 5.32 Å². The van der Waals surface area contributed by atoms with Crippen molar-refractivity contribution in [1.29, 1.82) is 0 Å². The number of urea groups is 1. The van der Waals surface area contributed by atoms with E-state index >= 15 is 0 Å². The number of hydrogen-bond donors (Lipinski definition) is 1. The van der Waals surface area contributed by atoms with Gasteiger partial charge in [-0.2, -0.15) is 5.10 Å². The molecule has 10 heteroatoms. The zero-order valence-electron chi connectivity index (χ0n) is 16.0. The van der Waals surface area contributed by atoms with Crippen LogP contribution in [-0.2, 0) is 24.8 Å². The van der Waals surface area contributed by atoms with Crippen LogP contribution in [0.15, 0.2) is 18.2 Å². The molecule has 0 saturated carbocycles. The number of aryl methyl sites for hydroxylation is 1. The number of fused-ring (bicyclic) bond motifs is 1. The summed E-state index contributed by atoms with van der Waals surface area (Å²) in [5.74, 6) is -0.688. The Bertz CT molecular complexity index is 958. The zero-order valence-corrected chi connectivity index (χ0v) is 16.7. The summed E-state index contributed by atoms with van der Waals surface area (Å²) in [4.78, 5) is 29.0. The van der Waals surface area contributed by atoms with E-state index in [1.54, 1.807) is 14.5 Å². The third-order valence-electron chi connectivity index (χ3n) is 5.20. The first-order valence-electron chi connectivity index (χ1n) is 9.37. The molecule has 2 aliphatic rings. The van der Waals surface area contributed by atoms with Gasteiger partial charge in [0.1, 0.15) is 5.82 Å². The van der Waals surface area contributed by atoms with Gasteiger partial charge < -0.3 is 19.9 Å². The molecule has 0 radical (unpaired) electrons. The van der Waals surface area contributed by atoms with Gasteiger partial charge in [-0.25, -0.2) is 9.18 Å². The Morgan fingerprint density at radius 1 is 1.21 bits per heavy atom. The van der Waals surface area contributed by atoms with Gasteiger partial charge in [0.2, 0.25) is 0 Å². The van der Waals surface area contributed by atoms with Crippen molar-refractivity contribution < 1.29 is 18.7 Å². The molecule has 0 atom stereocenters. The van der Waals surface area contributed by atoms with Gasteiger partial charge in [-0.1, -0.05) is 11.6 Å². The minimum Gasteiger partial charge on any atom is -0.378 e. The van der Waals surface area contributed by atoms with E-state index in [0.717, 1.165) is 11.3 Å². The number of amides is 3. The van der Waals surface area contributed by atoms with E-state index < -0.39 is 5.82 Å². The van der Waals surface area contributed by atoms with E-state index in [-0.39, 0.29) is 23.5 Å². The van der Waals surface area contributed by atoms with Gasteiger partial charge in [-0.05, 0) is 18.2 Å². The summed E-state index contributed by atoms with van der Waals surface area (Å²) in [5, 5.41) is 7.10. The van der Waals surface area contributed by atoms with Crippen LogP contribution in [0.1, 0.15) is 21.7 Å². The molecular weight excluding hydrogens is 401 g/mol. The number of halogens is 2. The number of hydrogen-bond acceptors (Lipinski definition) is 4. The van der Waals surface area contributed by atoms with Gasteiger partial charge in [0.05, 0.1) is 24.8 Å². The molecule has 0 aliphatic carbocycles. The molecule has 1 fully saturated rings. The number of nitrogens with zero attached hydrogens (tertiary/aromatic N) is 4.